The quantitative estimate of drug-likeness (QED) is 0.818. The second-order valence-corrected chi connectivity index (χ2v) is 4.95. The number of aromatic nitrogens is 1. The van der Waals surface area contributed by atoms with E-state index in [1.54, 1.807) is 0 Å². The number of halogens is 5. The molecule has 2 aromatic rings. The Morgan fingerprint density at radius 2 is 2.00 bits per heavy atom. The molecule has 0 spiro atoms. The summed E-state index contributed by atoms with van der Waals surface area (Å²) in [6.45, 7) is -0.613. The molecule has 0 bridgehead atoms. The van der Waals surface area contributed by atoms with Crippen molar-refractivity contribution in [3.63, 3.8) is 0 Å². The van der Waals surface area contributed by atoms with Crippen LogP contribution < -0.4 is 15.6 Å². The summed E-state index contributed by atoms with van der Waals surface area (Å²) < 4.78 is 55.7. The second-order valence-electron chi connectivity index (χ2n) is 4.54. The zero-order valence-electron chi connectivity index (χ0n) is 11.7. The summed E-state index contributed by atoms with van der Waals surface area (Å²) in [5.74, 6) is -1.47. The molecule has 0 aliphatic rings. The lowest BCUT2D eigenvalue weighted by atomic mass is 10.2. The molecule has 0 radical (unpaired) electrons. The van der Waals surface area contributed by atoms with Crippen LogP contribution in [0, 0.1) is 5.82 Å². The van der Waals surface area contributed by atoms with Crippen LogP contribution in [0.4, 0.5) is 23.2 Å². The van der Waals surface area contributed by atoms with Gasteiger partial charge in [-0.05, 0) is 18.2 Å². The number of alkyl halides is 3. The van der Waals surface area contributed by atoms with E-state index in [2.05, 4.69) is 0 Å². The van der Waals surface area contributed by atoms with Gasteiger partial charge < -0.3 is 15.0 Å². The molecule has 0 aliphatic heterocycles. The van der Waals surface area contributed by atoms with E-state index in [1.807, 2.05) is 10.3 Å². The molecule has 1 amide bonds. The van der Waals surface area contributed by atoms with Gasteiger partial charge in [-0.2, -0.15) is 13.2 Å². The van der Waals surface area contributed by atoms with Gasteiger partial charge in [-0.3, -0.25) is 9.59 Å². The maximum absolute atomic E-state index is 13.0. The maximum atomic E-state index is 13.0. The van der Waals surface area contributed by atoms with E-state index >= 15 is 0 Å². The smallest absolute Gasteiger partial charge is 0.417 e. The number of pyridine rings is 1. The molecule has 0 saturated heterocycles. The van der Waals surface area contributed by atoms with Gasteiger partial charge in [-0.1, -0.05) is 11.6 Å². The van der Waals surface area contributed by atoms with Gasteiger partial charge in [0.1, 0.15) is 17.3 Å². The second kappa shape index (κ2) is 6.91. The van der Waals surface area contributed by atoms with E-state index < -0.39 is 41.3 Å². The van der Waals surface area contributed by atoms with Gasteiger partial charge in [0.15, 0.2) is 6.61 Å². The third kappa shape index (κ3) is 4.48. The minimum atomic E-state index is -4.68. The molecule has 0 saturated carbocycles. The van der Waals surface area contributed by atoms with Crippen LogP contribution in [0.3, 0.4) is 0 Å². The van der Waals surface area contributed by atoms with Crippen LogP contribution in [0.2, 0.25) is 5.02 Å². The van der Waals surface area contributed by atoms with E-state index in [0.717, 1.165) is 12.1 Å². The molecule has 0 aliphatic carbocycles. The number of ether oxygens (including phenoxy) is 1. The van der Waals surface area contributed by atoms with Gasteiger partial charge in [-0.15, -0.1) is 0 Å². The number of anilines is 1. The summed E-state index contributed by atoms with van der Waals surface area (Å²) in [5.41, 5.74) is -2.60. The Morgan fingerprint density at radius 3 is 2.62 bits per heavy atom. The molecule has 1 aromatic carbocycles. The number of benzene rings is 1. The van der Waals surface area contributed by atoms with Crippen LogP contribution >= 0.6 is 11.6 Å². The van der Waals surface area contributed by atoms with Gasteiger partial charge in [0, 0.05) is 12.3 Å². The lowest BCUT2D eigenvalue weighted by Gasteiger charge is -2.10. The molecule has 1 heterocycles. The average Bonchev–Trinajstić information content (AvgIpc) is 2.49. The normalized spacial score (nSPS) is 11.2. The molecule has 0 unspecified atom stereocenters. The summed E-state index contributed by atoms with van der Waals surface area (Å²) in [5, 5.41) is 1.78. The van der Waals surface area contributed by atoms with Crippen LogP contribution in [0.1, 0.15) is 5.56 Å². The van der Waals surface area contributed by atoms with Crippen LogP contribution in [0.25, 0.3) is 0 Å². The molecule has 24 heavy (non-hydrogen) atoms. The highest BCUT2D eigenvalue weighted by molar-refractivity contribution is 6.30. The fourth-order valence-corrected chi connectivity index (χ4v) is 1.81. The molecule has 0 fully saturated rings. The summed E-state index contributed by atoms with van der Waals surface area (Å²) in [6, 6.07) is 3.87. The standard InChI is InChI=1S/C14H9ClF4N2O3/c15-9-4-8(1-2-10(9)16)24-6-12(22)21-11-3-7(14(17,18)19)5-20-13(11)23/h1-5H,6H2,(H,20,23)(H,21,22). The third-order valence-electron chi connectivity index (χ3n) is 2.77. The Kier molecular flexibility index (Phi) is 5.13. The number of aromatic amines is 1. The van der Waals surface area contributed by atoms with Gasteiger partial charge in [-0.25, -0.2) is 4.39 Å². The predicted molar refractivity (Wildman–Crippen MR) is 77.6 cm³/mol. The van der Waals surface area contributed by atoms with Crippen molar-refractivity contribution in [2.75, 3.05) is 11.9 Å². The van der Waals surface area contributed by atoms with Crippen molar-refractivity contribution in [2.45, 2.75) is 6.18 Å². The van der Waals surface area contributed by atoms with Crippen molar-refractivity contribution in [3.05, 3.63) is 57.2 Å². The summed E-state index contributed by atoms with van der Waals surface area (Å²) >= 11 is 5.53. The van der Waals surface area contributed by atoms with E-state index in [-0.39, 0.29) is 10.8 Å². The summed E-state index contributed by atoms with van der Waals surface area (Å²) in [7, 11) is 0. The van der Waals surface area contributed by atoms with E-state index in [1.165, 1.54) is 6.07 Å². The van der Waals surface area contributed by atoms with Gasteiger partial charge >= 0.3 is 6.18 Å². The van der Waals surface area contributed by atoms with Crippen LogP contribution in [0.15, 0.2) is 35.3 Å². The Bertz CT molecular complexity index is 820. The first-order chi connectivity index (χ1) is 11.2. The number of hydrogen-bond acceptors (Lipinski definition) is 3. The first-order valence-corrected chi connectivity index (χ1v) is 6.72. The van der Waals surface area contributed by atoms with Gasteiger partial charge in [0.05, 0.1) is 10.6 Å². The minimum Gasteiger partial charge on any atom is -0.484 e. The average molecular weight is 365 g/mol. The van der Waals surface area contributed by atoms with Crippen molar-refractivity contribution in [1.82, 2.24) is 4.98 Å². The lowest BCUT2D eigenvalue weighted by molar-refractivity contribution is -0.137. The summed E-state index contributed by atoms with van der Waals surface area (Å²) in [6.07, 6.45) is -4.18. The number of hydrogen-bond donors (Lipinski definition) is 2. The molecular weight excluding hydrogens is 356 g/mol. The molecule has 2 rings (SSSR count). The molecule has 1 aromatic heterocycles. The first kappa shape index (κ1) is 17.8. The zero-order valence-corrected chi connectivity index (χ0v) is 12.5. The maximum Gasteiger partial charge on any atom is 0.417 e. The van der Waals surface area contributed by atoms with E-state index in [0.29, 0.717) is 12.3 Å². The zero-order chi connectivity index (χ0) is 17.9. The Balaban J connectivity index is 2.04. The van der Waals surface area contributed by atoms with E-state index in [9.17, 15) is 27.2 Å². The largest absolute Gasteiger partial charge is 0.484 e. The highest BCUT2D eigenvalue weighted by Gasteiger charge is 2.31. The number of carbonyl (C=O) groups excluding carboxylic acids is 1. The third-order valence-corrected chi connectivity index (χ3v) is 3.06. The van der Waals surface area contributed by atoms with Crippen molar-refractivity contribution in [2.24, 2.45) is 0 Å². The van der Waals surface area contributed by atoms with Crippen molar-refractivity contribution >= 4 is 23.2 Å². The van der Waals surface area contributed by atoms with Crippen molar-refractivity contribution < 1.29 is 27.1 Å². The van der Waals surface area contributed by atoms with Crippen LogP contribution in [-0.4, -0.2) is 17.5 Å². The molecule has 5 nitrogen and oxygen atoms in total. The molecule has 128 valence electrons. The molecule has 0 atom stereocenters. The Morgan fingerprint density at radius 1 is 1.29 bits per heavy atom. The van der Waals surface area contributed by atoms with Crippen LogP contribution in [0.5, 0.6) is 5.75 Å². The van der Waals surface area contributed by atoms with Crippen LogP contribution in [-0.2, 0) is 11.0 Å². The molecule has 10 heteroatoms. The Labute approximate surface area is 137 Å². The fourth-order valence-electron chi connectivity index (χ4n) is 1.64. The molecule has 2 N–H and O–H groups in total. The SMILES string of the molecule is O=C(COc1ccc(F)c(Cl)c1)Nc1cc(C(F)(F)F)c[nH]c1=O. The number of nitrogens with one attached hydrogen (secondary N) is 2. The number of carbonyl (C=O) groups is 1. The van der Waals surface area contributed by atoms with Gasteiger partial charge in [0.25, 0.3) is 11.5 Å². The fraction of sp³-hybridized carbons (Fsp3) is 0.143. The highest BCUT2D eigenvalue weighted by atomic mass is 35.5. The monoisotopic (exact) mass is 364 g/mol. The van der Waals surface area contributed by atoms with Crippen molar-refractivity contribution in [1.29, 1.82) is 0 Å². The molecular formula is C14H9ClF4N2O3. The van der Waals surface area contributed by atoms with Crippen molar-refractivity contribution in [3.8, 4) is 5.75 Å². The van der Waals surface area contributed by atoms with Gasteiger partial charge in [0.2, 0.25) is 0 Å². The minimum absolute atomic E-state index is 0.0782. The topological polar surface area (TPSA) is 71.2 Å². The number of rotatable bonds is 4. The predicted octanol–water partition coefficient (Wildman–Crippen LogP) is 3.20. The summed E-state index contributed by atoms with van der Waals surface area (Å²) in [4.78, 5) is 25.0. The highest BCUT2D eigenvalue weighted by Crippen LogP contribution is 2.29. The number of amides is 1. The lowest BCUT2D eigenvalue weighted by Crippen LogP contribution is -2.25. The first-order valence-electron chi connectivity index (χ1n) is 6.34. The Hall–Kier alpha value is -2.55. The van der Waals surface area contributed by atoms with E-state index in [4.69, 9.17) is 16.3 Å². The number of H-pyrrole nitrogens is 1.